The summed E-state index contributed by atoms with van der Waals surface area (Å²) in [5.41, 5.74) is 1.32. The van der Waals surface area contributed by atoms with Crippen molar-refractivity contribution in [2.75, 3.05) is 46.0 Å². The standard InChI is InChI=1S/C21H24FN5O4/c1-2-16-24-20(30-13-17(28)23-7-8-27-9-11-29-12-10-27)18-19(26-31-21(18)25-16)14-3-5-15(22)6-4-14/h3-6H,2,7-13H2,1H3,(H,23,28). The zero-order valence-corrected chi connectivity index (χ0v) is 17.3. The van der Waals surface area contributed by atoms with Crippen LogP contribution in [0, 0.1) is 5.82 Å². The lowest BCUT2D eigenvalue weighted by molar-refractivity contribution is -0.123. The van der Waals surface area contributed by atoms with Crippen molar-refractivity contribution in [2.24, 2.45) is 0 Å². The molecule has 4 rings (SSSR count). The molecule has 164 valence electrons. The van der Waals surface area contributed by atoms with Crippen molar-refractivity contribution in [3.05, 3.63) is 35.9 Å². The van der Waals surface area contributed by atoms with Gasteiger partial charge in [-0.2, -0.15) is 9.97 Å². The monoisotopic (exact) mass is 429 g/mol. The van der Waals surface area contributed by atoms with Crippen molar-refractivity contribution in [3.63, 3.8) is 0 Å². The first kappa shape index (κ1) is 21.1. The van der Waals surface area contributed by atoms with Gasteiger partial charge in [-0.25, -0.2) is 4.39 Å². The zero-order valence-electron chi connectivity index (χ0n) is 17.3. The van der Waals surface area contributed by atoms with E-state index in [0.717, 1.165) is 32.8 Å². The first-order valence-corrected chi connectivity index (χ1v) is 10.3. The number of nitrogens with one attached hydrogen (secondary N) is 1. The minimum atomic E-state index is -0.355. The lowest BCUT2D eigenvalue weighted by atomic mass is 10.1. The molecule has 0 aliphatic carbocycles. The van der Waals surface area contributed by atoms with Crippen LogP contribution in [-0.4, -0.2) is 71.9 Å². The normalized spacial score (nSPS) is 14.6. The van der Waals surface area contributed by atoms with Crippen molar-refractivity contribution in [2.45, 2.75) is 13.3 Å². The summed E-state index contributed by atoms with van der Waals surface area (Å²) in [6.45, 7) is 6.15. The number of halogens is 1. The molecule has 3 heterocycles. The highest BCUT2D eigenvalue weighted by Crippen LogP contribution is 2.33. The second-order valence-electron chi connectivity index (χ2n) is 7.11. The van der Waals surface area contributed by atoms with E-state index < -0.39 is 0 Å². The molecule has 31 heavy (non-hydrogen) atoms. The molecule has 0 saturated carbocycles. The Balaban J connectivity index is 1.46. The number of morpholine rings is 1. The highest BCUT2D eigenvalue weighted by Gasteiger charge is 2.20. The molecule has 3 aromatic rings. The van der Waals surface area contributed by atoms with E-state index in [-0.39, 0.29) is 29.9 Å². The third-order valence-electron chi connectivity index (χ3n) is 4.98. The fourth-order valence-corrected chi connectivity index (χ4v) is 3.30. The van der Waals surface area contributed by atoms with Gasteiger partial charge in [0.15, 0.2) is 6.61 Å². The number of nitrogens with zero attached hydrogens (tertiary/aromatic N) is 4. The number of benzene rings is 1. The Bertz CT molecular complexity index is 1030. The summed E-state index contributed by atoms with van der Waals surface area (Å²) in [5, 5.41) is 7.37. The van der Waals surface area contributed by atoms with E-state index in [1.54, 1.807) is 12.1 Å². The quantitative estimate of drug-likeness (QED) is 0.579. The molecule has 10 heteroatoms. The predicted octanol–water partition coefficient (Wildman–Crippen LogP) is 1.81. The van der Waals surface area contributed by atoms with Crippen LogP contribution in [0.5, 0.6) is 5.88 Å². The lowest BCUT2D eigenvalue weighted by Gasteiger charge is -2.26. The molecule has 1 aliphatic rings. The number of ether oxygens (including phenoxy) is 2. The molecule has 1 N–H and O–H groups in total. The van der Waals surface area contributed by atoms with Crippen LogP contribution in [0.15, 0.2) is 28.8 Å². The van der Waals surface area contributed by atoms with Gasteiger partial charge in [-0.3, -0.25) is 9.69 Å². The summed E-state index contributed by atoms with van der Waals surface area (Å²) >= 11 is 0. The average molecular weight is 429 g/mol. The van der Waals surface area contributed by atoms with Crippen LogP contribution < -0.4 is 10.1 Å². The molecule has 0 unspecified atom stereocenters. The van der Waals surface area contributed by atoms with Crippen LogP contribution in [0.4, 0.5) is 4.39 Å². The van der Waals surface area contributed by atoms with E-state index in [4.69, 9.17) is 14.0 Å². The van der Waals surface area contributed by atoms with Crippen LogP contribution in [0.3, 0.4) is 0 Å². The Hall–Kier alpha value is -3.11. The van der Waals surface area contributed by atoms with Gasteiger partial charge >= 0.3 is 0 Å². The van der Waals surface area contributed by atoms with Gasteiger partial charge in [-0.1, -0.05) is 12.1 Å². The molecule has 0 atom stereocenters. The molecule has 1 aromatic carbocycles. The number of hydrogen-bond acceptors (Lipinski definition) is 8. The maximum atomic E-state index is 13.3. The number of carbonyl (C=O) groups excluding carboxylic acids is 1. The van der Waals surface area contributed by atoms with E-state index in [1.807, 2.05) is 6.92 Å². The molecular formula is C21H24FN5O4. The van der Waals surface area contributed by atoms with E-state index in [0.29, 0.717) is 35.4 Å². The van der Waals surface area contributed by atoms with Gasteiger partial charge in [-0.15, -0.1) is 0 Å². The number of amides is 1. The van der Waals surface area contributed by atoms with E-state index >= 15 is 0 Å². The summed E-state index contributed by atoms with van der Waals surface area (Å²) in [5.74, 6) is 0.118. The molecule has 9 nitrogen and oxygen atoms in total. The maximum Gasteiger partial charge on any atom is 0.265 e. The number of carbonyl (C=O) groups is 1. The van der Waals surface area contributed by atoms with Gasteiger partial charge in [0, 0.05) is 38.2 Å². The Morgan fingerprint density at radius 2 is 2.00 bits per heavy atom. The van der Waals surface area contributed by atoms with Gasteiger partial charge in [-0.05, 0) is 24.3 Å². The van der Waals surface area contributed by atoms with Crippen molar-refractivity contribution in [1.29, 1.82) is 0 Å². The third-order valence-corrected chi connectivity index (χ3v) is 4.98. The Labute approximate surface area is 178 Å². The fraction of sp³-hybridized carbons (Fsp3) is 0.429. The van der Waals surface area contributed by atoms with Gasteiger partial charge in [0.05, 0.1) is 13.2 Å². The van der Waals surface area contributed by atoms with Crippen molar-refractivity contribution < 1.29 is 23.2 Å². The molecule has 1 fully saturated rings. The Kier molecular flexibility index (Phi) is 6.68. The molecule has 0 spiro atoms. The molecule has 0 radical (unpaired) electrons. The highest BCUT2D eigenvalue weighted by atomic mass is 19.1. The lowest BCUT2D eigenvalue weighted by Crippen LogP contribution is -2.42. The summed E-state index contributed by atoms with van der Waals surface area (Å²) < 4.78 is 29.7. The molecule has 2 aromatic heterocycles. The smallest absolute Gasteiger partial charge is 0.265 e. The molecule has 1 aliphatic heterocycles. The summed E-state index contributed by atoms with van der Waals surface area (Å²) in [6, 6.07) is 5.84. The second kappa shape index (κ2) is 9.80. The number of aromatic nitrogens is 3. The number of rotatable bonds is 8. The van der Waals surface area contributed by atoms with Gasteiger partial charge in [0.1, 0.15) is 22.7 Å². The zero-order chi connectivity index (χ0) is 21.6. The SMILES string of the molecule is CCc1nc(OCC(=O)NCCN2CCOCC2)c2c(-c3ccc(F)cc3)noc2n1. The summed E-state index contributed by atoms with van der Waals surface area (Å²) in [7, 11) is 0. The molecule has 1 saturated heterocycles. The number of aryl methyl sites for hydroxylation is 1. The first-order chi connectivity index (χ1) is 15.1. The minimum Gasteiger partial charge on any atom is -0.467 e. The largest absolute Gasteiger partial charge is 0.467 e. The van der Waals surface area contributed by atoms with Crippen LogP contribution in [0.25, 0.3) is 22.4 Å². The number of hydrogen-bond donors (Lipinski definition) is 1. The maximum absolute atomic E-state index is 13.3. The second-order valence-corrected chi connectivity index (χ2v) is 7.11. The molecule has 0 bridgehead atoms. The van der Waals surface area contributed by atoms with Crippen LogP contribution in [-0.2, 0) is 16.0 Å². The van der Waals surface area contributed by atoms with Crippen LogP contribution >= 0.6 is 0 Å². The van der Waals surface area contributed by atoms with E-state index in [9.17, 15) is 9.18 Å². The minimum absolute atomic E-state index is 0.202. The van der Waals surface area contributed by atoms with Gasteiger partial charge in [0.25, 0.3) is 11.6 Å². The van der Waals surface area contributed by atoms with E-state index in [2.05, 4.69) is 25.3 Å². The van der Waals surface area contributed by atoms with Crippen molar-refractivity contribution in [1.82, 2.24) is 25.3 Å². The van der Waals surface area contributed by atoms with Gasteiger partial charge in [0.2, 0.25) is 5.88 Å². The first-order valence-electron chi connectivity index (χ1n) is 10.3. The summed E-state index contributed by atoms with van der Waals surface area (Å²) in [4.78, 5) is 23.3. The van der Waals surface area contributed by atoms with Crippen LogP contribution in [0.1, 0.15) is 12.7 Å². The van der Waals surface area contributed by atoms with Gasteiger partial charge < -0.3 is 19.3 Å². The summed E-state index contributed by atoms with van der Waals surface area (Å²) in [6.07, 6.45) is 0.560. The third kappa shape index (κ3) is 5.15. The Morgan fingerprint density at radius 1 is 1.23 bits per heavy atom. The topological polar surface area (TPSA) is 103 Å². The fourth-order valence-electron chi connectivity index (χ4n) is 3.30. The molecule has 1 amide bonds. The Morgan fingerprint density at radius 3 is 2.74 bits per heavy atom. The molecular weight excluding hydrogens is 405 g/mol. The average Bonchev–Trinajstić information content (AvgIpc) is 3.23. The number of fused-ring (bicyclic) bond motifs is 1. The predicted molar refractivity (Wildman–Crippen MR) is 110 cm³/mol. The van der Waals surface area contributed by atoms with Crippen molar-refractivity contribution >= 4 is 17.0 Å². The van der Waals surface area contributed by atoms with Crippen LogP contribution in [0.2, 0.25) is 0 Å². The highest BCUT2D eigenvalue weighted by molar-refractivity contribution is 5.93. The van der Waals surface area contributed by atoms with E-state index in [1.165, 1.54) is 12.1 Å². The van der Waals surface area contributed by atoms with Crippen molar-refractivity contribution in [3.8, 4) is 17.1 Å².